The molecule has 1 heterocycles. The predicted octanol–water partition coefficient (Wildman–Crippen LogP) is 3.73. The summed E-state index contributed by atoms with van der Waals surface area (Å²) in [6.45, 7) is 2.24. The molecule has 25 heavy (non-hydrogen) atoms. The molecule has 2 aromatic carbocycles. The molecule has 0 N–H and O–H groups in total. The van der Waals surface area contributed by atoms with Crippen molar-refractivity contribution in [3.63, 3.8) is 0 Å². The van der Waals surface area contributed by atoms with Gasteiger partial charge < -0.3 is 4.74 Å². The van der Waals surface area contributed by atoms with Crippen LogP contribution in [0.2, 0.25) is 0 Å². The second-order valence-corrected chi connectivity index (χ2v) is 6.79. The van der Waals surface area contributed by atoms with Crippen LogP contribution in [-0.4, -0.2) is 29.6 Å². The van der Waals surface area contributed by atoms with Crippen molar-refractivity contribution >= 4 is 29.1 Å². The quantitative estimate of drug-likeness (QED) is 0.743. The zero-order chi connectivity index (χ0) is 17.8. The van der Waals surface area contributed by atoms with Gasteiger partial charge in [-0.05, 0) is 17.4 Å². The van der Waals surface area contributed by atoms with Crippen molar-refractivity contribution in [1.29, 1.82) is 0 Å². The van der Waals surface area contributed by atoms with Gasteiger partial charge >= 0.3 is 0 Å². The Morgan fingerprint density at radius 3 is 2.32 bits per heavy atom. The van der Waals surface area contributed by atoms with Crippen molar-refractivity contribution in [2.24, 2.45) is 0 Å². The van der Waals surface area contributed by atoms with E-state index in [4.69, 9.17) is 4.74 Å². The number of ether oxygens (including phenoxy) is 1. The number of imide groups is 1. The molecule has 128 valence electrons. The van der Waals surface area contributed by atoms with Gasteiger partial charge in [-0.25, -0.2) is 0 Å². The van der Waals surface area contributed by atoms with Crippen molar-refractivity contribution < 1.29 is 14.3 Å². The lowest BCUT2D eigenvalue weighted by Gasteiger charge is -2.15. The number of methoxy groups -OCH3 is 1. The van der Waals surface area contributed by atoms with Crippen LogP contribution in [0.5, 0.6) is 5.75 Å². The summed E-state index contributed by atoms with van der Waals surface area (Å²) in [6.07, 6.45) is 0. The smallest absolute Gasteiger partial charge is 0.268 e. The largest absolute Gasteiger partial charge is 0.496 e. The van der Waals surface area contributed by atoms with Crippen LogP contribution >= 0.6 is 11.8 Å². The molecule has 0 bridgehead atoms. The number of nitrogens with zero attached hydrogens (tertiary/aromatic N) is 1. The Kier molecular flexibility index (Phi) is 5.24. The lowest BCUT2D eigenvalue weighted by Crippen LogP contribution is -2.30. The zero-order valence-corrected chi connectivity index (χ0v) is 15.0. The fourth-order valence-electron chi connectivity index (χ4n) is 2.83. The lowest BCUT2D eigenvalue weighted by atomic mass is 10.0. The van der Waals surface area contributed by atoms with Gasteiger partial charge in [0, 0.05) is 5.56 Å². The van der Waals surface area contributed by atoms with Gasteiger partial charge in [-0.2, -0.15) is 0 Å². The highest BCUT2D eigenvalue weighted by atomic mass is 32.2. The molecule has 1 aliphatic heterocycles. The molecule has 0 aromatic heterocycles. The molecule has 0 aliphatic carbocycles. The van der Waals surface area contributed by atoms with Crippen LogP contribution in [0.4, 0.5) is 0 Å². The van der Waals surface area contributed by atoms with E-state index >= 15 is 0 Å². The molecule has 3 rings (SSSR count). The molecular weight excluding hydrogens is 334 g/mol. The maximum atomic E-state index is 13.1. The van der Waals surface area contributed by atoms with E-state index in [1.807, 2.05) is 55.5 Å². The van der Waals surface area contributed by atoms with Gasteiger partial charge in [0.25, 0.3) is 11.8 Å². The van der Waals surface area contributed by atoms with E-state index in [0.29, 0.717) is 27.5 Å². The Hall–Kier alpha value is -2.53. The summed E-state index contributed by atoms with van der Waals surface area (Å²) in [5, 5.41) is 0. The van der Waals surface area contributed by atoms with Crippen LogP contribution < -0.4 is 4.74 Å². The maximum Gasteiger partial charge on any atom is 0.268 e. The Morgan fingerprint density at radius 2 is 1.64 bits per heavy atom. The van der Waals surface area contributed by atoms with Gasteiger partial charge in [-0.1, -0.05) is 55.5 Å². The van der Waals surface area contributed by atoms with Crippen LogP contribution in [0.1, 0.15) is 18.1 Å². The third-order valence-electron chi connectivity index (χ3n) is 3.97. The SMILES string of the molecule is CCSC1=C(c2ccccc2OC)C(=O)N(Cc2ccccc2)C1=O. The second kappa shape index (κ2) is 7.57. The molecule has 2 aromatic rings. The molecule has 5 heteroatoms. The second-order valence-electron chi connectivity index (χ2n) is 5.52. The van der Waals surface area contributed by atoms with Crippen molar-refractivity contribution in [2.75, 3.05) is 12.9 Å². The van der Waals surface area contributed by atoms with Crippen LogP contribution in [0.3, 0.4) is 0 Å². The Morgan fingerprint density at radius 1 is 0.960 bits per heavy atom. The van der Waals surface area contributed by atoms with E-state index in [9.17, 15) is 9.59 Å². The highest BCUT2D eigenvalue weighted by molar-refractivity contribution is 8.04. The number of carbonyl (C=O) groups excluding carboxylic acids is 2. The summed E-state index contributed by atoms with van der Waals surface area (Å²) < 4.78 is 5.40. The molecule has 1 aliphatic rings. The molecule has 0 unspecified atom stereocenters. The fourth-order valence-corrected chi connectivity index (χ4v) is 3.69. The van der Waals surface area contributed by atoms with Crippen LogP contribution in [0.15, 0.2) is 59.5 Å². The normalized spacial score (nSPS) is 14.4. The molecule has 0 atom stereocenters. The number of hydrogen-bond donors (Lipinski definition) is 0. The monoisotopic (exact) mass is 353 g/mol. The fraction of sp³-hybridized carbons (Fsp3) is 0.200. The highest BCUT2D eigenvalue weighted by Crippen LogP contribution is 2.39. The number of amides is 2. The Bertz CT molecular complexity index is 830. The van der Waals surface area contributed by atoms with Gasteiger partial charge in [0.15, 0.2) is 0 Å². The number of rotatable bonds is 6. The van der Waals surface area contributed by atoms with Crippen molar-refractivity contribution in [3.8, 4) is 5.75 Å². The summed E-state index contributed by atoms with van der Waals surface area (Å²) in [5.41, 5.74) is 2.02. The van der Waals surface area contributed by atoms with Crippen LogP contribution in [0.25, 0.3) is 5.57 Å². The Balaban J connectivity index is 2.02. The topological polar surface area (TPSA) is 46.6 Å². The molecule has 0 fully saturated rings. The minimum Gasteiger partial charge on any atom is -0.496 e. The van der Waals surface area contributed by atoms with E-state index < -0.39 is 0 Å². The summed E-state index contributed by atoms with van der Waals surface area (Å²) in [7, 11) is 1.56. The highest BCUT2D eigenvalue weighted by Gasteiger charge is 2.39. The van der Waals surface area contributed by atoms with E-state index in [2.05, 4.69) is 0 Å². The molecule has 2 amide bonds. The lowest BCUT2D eigenvalue weighted by molar-refractivity contribution is -0.137. The molecular formula is C20H19NO3S. The van der Waals surface area contributed by atoms with Crippen molar-refractivity contribution in [2.45, 2.75) is 13.5 Å². The predicted molar refractivity (Wildman–Crippen MR) is 100 cm³/mol. The van der Waals surface area contributed by atoms with E-state index in [-0.39, 0.29) is 18.4 Å². The number of carbonyl (C=O) groups is 2. The van der Waals surface area contributed by atoms with E-state index in [1.54, 1.807) is 13.2 Å². The average Bonchev–Trinajstić information content (AvgIpc) is 2.87. The van der Waals surface area contributed by atoms with E-state index in [1.165, 1.54) is 16.7 Å². The zero-order valence-electron chi connectivity index (χ0n) is 14.2. The standard InChI is InChI=1S/C20H19NO3S/c1-3-25-18-17(15-11-7-8-12-16(15)24-2)19(22)21(20(18)23)13-14-9-5-4-6-10-14/h4-12H,3,13H2,1-2H3. The molecule has 0 saturated heterocycles. The third-order valence-corrected chi connectivity index (χ3v) is 4.93. The summed E-state index contributed by atoms with van der Waals surface area (Å²) in [4.78, 5) is 27.7. The van der Waals surface area contributed by atoms with Crippen LogP contribution in [-0.2, 0) is 16.1 Å². The summed E-state index contributed by atoms with van der Waals surface area (Å²) >= 11 is 1.40. The molecule has 4 nitrogen and oxygen atoms in total. The minimum absolute atomic E-state index is 0.235. The van der Waals surface area contributed by atoms with Crippen molar-refractivity contribution in [3.05, 3.63) is 70.6 Å². The van der Waals surface area contributed by atoms with Crippen molar-refractivity contribution in [1.82, 2.24) is 4.90 Å². The van der Waals surface area contributed by atoms with Gasteiger partial charge in [-0.3, -0.25) is 14.5 Å². The van der Waals surface area contributed by atoms with Gasteiger partial charge in [0.2, 0.25) is 0 Å². The first-order valence-corrected chi connectivity index (χ1v) is 9.06. The number of thioether (sulfide) groups is 1. The minimum atomic E-state index is -0.269. The average molecular weight is 353 g/mol. The number of benzene rings is 2. The van der Waals surface area contributed by atoms with Gasteiger partial charge in [0.05, 0.1) is 24.1 Å². The van der Waals surface area contributed by atoms with Gasteiger partial charge in [0.1, 0.15) is 5.75 Å². The maximum absolute atomic E-state index is 13.1. The first kappa shape index (κ1) is 17.3. The molecule has 0 saturated carbocycles. The summed E-state index contributed by atoms with van der Waals surface area (Å²) in [6, 6.07) is 16.8. The van der Waals surface area contributed by atoms with Crippen LogP contribution in [0, 0.1) is 0 Å². The third kappa shape index (κ3) is 3.33. The Labute approximate surface area is 151 Å². The first-order valence-electron chi connectivity index (χ1n) is 8.08. The number of para-hydroxylation sites is 1. The van der Waals surface area contributed by atoms with Gasteiger partial charge in [-0.15, -0.1) is 11.8 Å². The first-order chi connectivity index (χ1) is 12.2. The molecule has 0 radical (unpaired) electrons. The molecule has 0 spiro atoms. The summed E-state index contributed by atoms with van der Waals surface area (Å²) in [5.74, 6) is 0.803. The number of hydrogen-bond acceptors (Lipinski definition) is 4. The van der Waals surface area contributed by atoms with E-state index in [0.717, 1.165) is 5.56 Å².